The summed E-state index contributed by atoms with van der Waals surface area (Å²) in [7, 11) is 0. The van der Waals surface area contributed by atoms with Gasteiger partial charge in [0.15, 0.2) is 0 Å². The molecule has 2 aromatic rings. The average molecular weight is 256 g/mol. The third-order valence-corrected chi connectivity index (χ3v) is 2.48. The number of hydrogen-bond acceptors (Lipinski definition) is 4. The Hall–Kier alpha value is -2.43. The van der Waals surface area contributed by atoms with E-state index in [1.807, 2.05) is 6.07 Å². The van der Waals surface area contributed by atoms with E-state index in [2.05, 4.69) is 27.5 Å². The van der Waals surface area contributed by atoms with Crippen molar-refractivity contribution in [3.05, 3.63) is 48.3 Å². The minimum Gasteiger partial charge on any atom is -0.370 e. The molecule has 0 radical (unpaired) electrons. The summed E-state index contributed by atoms with van der Waals surface area (Å²) in [4.78, 5) is 20.2. The first-order valence-corrected chi connectivity index (χ1v) is 6.22. The van der Waals surface area contributed by atoms with E-state index in [4.69, 9.17) is 0 Å². The summed E-state index contributed by atoms with van der Waals surface area (Å²) in [5.74, 6) is 1.04. The summed E-state index contributed by atoms with van der Waals surface area (Å²) in [6, 6.07) is 8.77. The highest BCUT2D eigenvalue weighted by molar-refractivity contribution is 6.04. The summed E-state index contributed by atoms with van der Waals surface area (Å²) in [6.07, 6.45) is 4.26. The topological polar surface area (TPSA) is 66.9 Å². The maximum Gasteiger partial charge on any atom is 0.257 e. The highest BCUT2D eigenvalue weighted by Crippen LogP contribution is 2.09. The van der Waals surface area contributed by atoms with E-state index in [9.17, 15) is 4.79 Å². The Morgan fingerprint density at radius 1 is 1.16 bits per heavy atom. The van der Waals surface area contributed by atoms with Gasteiger partial charge in [0.1, 0.15) is 11.6 Å². The van der Waals surface area contributed by atoms with Gasteiger partial charge < -0.3 is 10.6 Å². The van der Waals surface area contributed by atoms with E-state index in [-0.39, 0.29) is 5.91 Å². The van der Waals surface area contributed by atoms with Crippen LogP contribution >= 0.6 is 0 Å². The number of rotatable bonds is 5. The number of nitrogens with zero attached hydrogens (tertiary/aromatic N) is 2. The maximum atomic E-state index is 12.0. The zero-order valence-electron chi connectivity index (χ0n) is 10.8. The summed E-state index contributed by atoms with van der Waals surface area (Å²) >= 11 is 0. The molecule has 0 aliphatic rings. The van der Waals surface area contributed by atoms with Gasteiger partial charge in [0.25, 0.3) is 5.91 Å². The van der Waals surface area contributed by atoms with Gasteiger partial charge in [-0.25, -0.2) is 9.97 Å². The number of carbonyl (C=O) groups is 1. The molecule has 0 fully saturated rings. The first kappa shape index (κ1) is 13.0. The smallest absolute Gasteiger partial charge is 0.257 e. The van der Waals surface area contributed by atoms with Gasteiger partial charge in [-0.2, -0.15) is 0 Å². The summed E-state index contributed by atoms with van der Waals surface area (Å²) < 4.78 is 0. The van der Waals surface area contributed by atoms with Crippen molar-refractivity contribution in [2.45, 2.75) is 13.3 Å². The lowest BCUT2D eigenvalue weighted by Crippen LogP contribution is -2.13. The molecular weight excluding hydrogens is 240 g/mol. The van der Waals surface area contributed by atoms with Crippen LogP contribution in [0.4, 0.5) is 11.6 Å². The van der Waals surface area contributed by atoms with Crippen molar-refractivity contribution in [1.29, 1.82) is 0 Å². The summed E-state index contributed by atoms with van der Waals surface area (Å²) in [6.45, 7) is 2.91. The zero-order chi connectivity index (χ0) is 13.5. The van der Waals surface area contributed by atoms with Crippen LogP contribution in [0.1, 0.15) is 23.7 Å². The Morgan fingerprint density at radius 2 is 2.00 bits per heavy atom. The monoisotopic (exact) mass is 256 g/mol. The Balaban J connectivity index is 2.06. The second-order valence-electron chi connectivity index (χ2n) is 4.03. The molecule has 0 saturated heterocycles. The van der Waals surface area contributed by atoms with Gasteiger partial charge in [-0.1, -0.05) is 13.0 Å². The van der Waals surface area contributed by atoms with Crippen molar-refractivity contribution in [3.63, 3.8) is 0 Å². The van der Waals surface area contributed by atoms with Crippen LogP contribution in [-0.2, 0) is 0 Å². The van der Waals surface area contributed by atoms with Crippen LogP contribution in [0.2, 0.25) is 0 Å². The van der Waals surface area contributed by atoms with Crippen LogP contribution in [-0.4, -0.2) is 22.4 Å². The van der Waals surface area contributed by atoms with Crippen molar-refractivity contribution in [3.8, 4) is 0 Å². The van der Waals surface area contributed by atoms with E-state index >= 15 is 0 Å². The van der Waals surface area contributed by atoms with Crippen LogP contribution in [0, 0.1) is 0 Å². The Morgan fingerprint density at radius 3 is 2.74 bits per heavy atom. The Labute approximate surface area is 112 Å². The van der Waals surface area contributed by atoms with E-state index in [0.717, 1.165) is 13.0 Å². The van der Waals surface area contributed by atoms with E-state index in [0.29, 0.717) is 17.2 Å². The predicted molar refractivity (Wildman–Crippen MR) is 75.2 cm³/mol. The SMILES string of the molecule is CCCNc1cc(C(=O)Nc2ccccn2)ccn1. The van der Waals surface area contributed by atoms with Crippen molar-refractivity contribution >= 4 is 17.5 Å². The molecule has 0 saturated carbocycles. The highest BCUT2D eigenvalue weighted by Gasteiger charge is 2.07. The fourth-order valence-electron chi connectivity index (χ4n) is 1.55. The van der Waals surface area contributed by atoms with E-state index in [1.54, 1.807) is 36.7 Å². The lowest BCUT2D eigenvalue weighted by molar-refractivity contribution is 0.102. The molecule has 2 aromatic heterocycles. The molecule has 5 nitrogen and oxygen atoms in total. The molecular formula is C14H16N4O. The second kappa shape index (κ2) is 6.49. The highest BCUT2D eigenvalue weighted by atomic mass is 16.1. The van der Waals surface area contributed by atoms with Crippen molar-refractivity contribution < 1.29 is 4.79 Å². The number of amides is 1. The quantitative estimate of drug-likeness (QED) is 0.862. The van der Waals surface area contributed by atoms with Gasteiger partial charge in [0, 0.05) is 24.5 Å². The molecule has 0 unspecified atom stereocenters. The molecule has 0 aromatic carbocycles. The standard InChI is InChI=1S/C14H16N4O/c1-2-7-15-13-10-11(6-9-17-13)14(19)18-12-5-3-4-8-16-12/h3-6,8-10H,2,7H2,1H3,(H,15,17)(H,16,18,19). The van der Waals surface area contributed by atoms with Crippen molar-refractivity contribution in [1.82, 2.24) is 9.97 Å². The fraction of sp³-hybridized carbons (Fsp3) is 0.214. The first-order valence-electron chi connectivity index (χ1n) is 6.22. The minimum atomic E-state index is -0.194. The molecule has 0 aliphatic carbocycles. The largest absolute Gasteiger partial charge is 0.370 e. The van der Waals surface area contributed by atoms with Crippen molar-refractivity contribution in [2.24, 2.45) is 0 Å². The zero-order valence-corrected chi connectivity index (χ0v) is 10.8. The molecule has 0 aliphatic heterocycles. The predicted octanol–water partition coefficient (Wildman–Crippen LogP) is 2.55. The van der Waals surface area contributed by atoms with Gasteiger partial charge >= 0.3 is 0 Å². The number of hydrogen-bond donors (Lipinski definition) is 2. The minimum absolute atomic E-state index is 0.194. The molecule has 5 heteroatoms. The second-order valence-corrected chi connectivity index (χ2v) is 4.03. The van der Waals surface area contributed by atoms with Crippen LogP contribution in [0.15, 0.2) is 42.7 Å². The van der Waals surface area contributed by atoms with Crippen LogP contribution in [0.5, 0.6) is 0 Å². The van der Waals surface area contributed by atoms with Gasteiger partial charge in [-0.3, -0.25) is 4.79 Å². The third kappa shape index (κ3) is 3.77. The number of carbonyl (C=O) groups excluding carboxylic acids is 1. The van der Waals surface area contributed by atoms with Crippen LogP contribution in [0.3, 0.4) is 0 Å². The van der Waals surface area contributed by atoms with Gasteiger partial charge in [0.2, 0.25) is 0 Å². The number of aromatic nitrogens is 2. The molecule has 98 valence electrons. The normalized spacial score (nSPS) is 9.95. The number of nitrogens with one attached hydrogen (secondary N) is 2. The number of anilines is 2. The molecule has 0 bridgehead atoms. The first-order chi connectivity index (χ1) is 9.29. The Kier molecular flexibility index (Phi) is 4.44. The van der Waals surface area contributed by atoms with Crippen LogP contribution in [0.25, 0.3) is 0 Å². The summed E-state index contributed by atoms with van der Waals surface area (Å²) in [5, 5.41) is 5.88. The molecule has 19 heavy (non-hydrogen) atoms. The summed E-state index contributed by atoms with van der Waals surface area (Å²) in [5.41, 5.74) is 0.555. The Bertz CT molecular complexity index is 542. The lowest BCUT2D eigenvalue weighted by atomic mass is 10.2. The average Bonchev–Trinajstić information content (AvgIpc) is 2.46. The van der Waals surface area contributed by atoms with Crippen molar-refractivity contribution in [2.75, 3.05) is 17.2 Å². The van der Waals surface area contributed by atoms with Gasteiger partial charge in [-0.15, -0.1) is 0 Å². The van der Waals surface area contributed by atoms with Gasteiger partial charge in [-0.05, 0) is 30.7 Å². The maximum absolute atomic E-state index is 12.0. The molecule has 2 heterocycles. The molecule has 2 N–H and O–H groups in total. The van der Waals surface area contributed by atoms with E-state index < -0.39 is 0 Å². The lowest BCUT2D eigenvalue weighted by Gasteiger charge is -2.07. The number of pyridine rings is 2. The van der Waals surface area contributed by atoms with E-state index in [1.165, 1.54) is 0 Å². The molecule has 0 atom stereocenters. The fourth-order valence-corrected chi connectivity index (χ4v) is 1.55. The third-order valence-electron chi connectivity index (χ3n) is 2.48. The molecule has 2 rings (SSSR count). The molecule has 1 amide bonds. The van der Waals surface area contributed by atoms with Crippen LogP contribution < -0.4 is 10.6 Å². The van der Waals surface area contributed by atoms with Gasteiger partial charge in [0.05, 0.1) is 0 Å². The molecule has 0 spiro atoms.